The van der Waals surface area contributed by atoms with Crippen LogP contribution in [0.2, 0.25) is 0 Å². The zero-order valence-electron chi connectivity index (χ0n) is 12.7. The molecule has 1 atom stereocenters. The molecule has 0 unspecified atom stereocenters. The molecule has 5 nitrogen and oxygen atoms in total. The second-order valence-electron chi connectivity index (χ2n) is 5.36. The van der Waals surface area contributed by atoms with Crippen LogP contribution in [0.4, 0.5) is 0 Å². The second-order valence-corrected chi connectivity index (χ2v) is 5.36. The van der Waals surface area contributed by atoms with Gasteiger partial charge in [0.1, 0.15) is 0 Å². The minimum absolute atomic E-state index is 0.0928. The molecule has 1 aromatic carbocycles. The molecule has 0 radical (unpaired) electrons. The molecule has 4 N–H and O–H groups in total. The lowest BCUT2D eigenvalue weighted by molar-refractivity contribution is -0.122. The number of H-pyrrole nitrogens is 1. The predicted molar refractivity (Wildman–Crippen MR) is 86.2 cm³/mol. The van der Waals surface area contributed by atoms with E-state index in [4.69, 9.17) is 5.73 Å². The third-order valence-corrected chi connectivity index (χ3v) is 3.78. The summed E-state index contributed by atoms with van der Waals surface area (Å²) in [4.78, 5) is 17.4. The quantitative estimate of drug-likeness (QED) is 0.714. The number of benzene rings is 1. The molecule has 114 valence electrons. The van der Waals surface area contributed by atoms with E-state index in [0.717, 1.165) is 29.6 Å². The van der Waals surface area contributed by atoms with Crippen LogP contribution in [-0.4, -0.2) is 48.5 Å². The van der Waals surface area contributed by atoms with Gasteiger partial charge < -0.3 is 20.9 Å². The highest BCUT2D eigenvalue weighted by atomic mass is 16.2. The largest absolute Gasteiger partial charge is 0.361 e. The summed E-state index contributed by atoms with van der Waals surface area (Å²) >= 11 is 0. The summed E-state index contributed by atoms with van der Waals surface area (Å²) in [6, 6.07) is 7.52. The topological polar surface area (TPSA) is 74.2 Å². The van der Waals surface area contributed by atoms with Crippen LogP contribution in [0.25, 0.3) is 10.9 Å². The van der Waals surface area contributed by atoms with E-state index in [1.807, 2.05) is 37.5 Å². The van der Waals surface area contributed by atoms with Crippen LogP contribution in [0.15, 0.2) is 30.5 Å². The zero-order chi connectivity index (χ0) is 15.2. The van der Waals surface area contributed by atoms with Gasteiger partial charge in [-0.15, -0.1) is 0 Å². The molecule has 1 amide bonds. The SMILES string of the molecule is CCN(C)CCNC(=O)[C@H](N)Cc1c[nH]c2ccccc12. The van der Waals surface area contributed by atoms with E-state index in [2.05, 4.69) is 22.1 Å². The van der Waals surface area contributed by atoms with Gasteiger partial charge in [0.2, 0.25) is 5.91 Å². The first-order valence-corrected chi connectivity index (χ1v) is 7.38. The maximum absolute atomic E-state index is 12.0. The van der Waals surface area contributed by atoms with E-state index >= 15 is 0 Å². The number of nitrogens with one attached hydrogen (secondary N) is 2. The maximum atomic E-state index is 12.0. The third-order valence-electron chi connectivity index (χ3n) is 3.78. The molecule has 1 aromatic heterocycles. The molecule has 21 heavy (non-hydrogen) atoms. The average molecular weight is 288 g/mol. The third kappa shape index (κ3) is 4.06. The minimum atomic E-state index is -0.517. The number of nitrogens with two attached hydrogens (primary N) is 1. The molecule has 2 rings (SSSR count). The van der Waals surface area contributed by atoms with E-state index in [1.165, 1.54) is 0 Å². The Bertz CT molecular complexity index is 593. The Morgan fingerprint density at radius 3 is 2.95 bits per heavy atom. The van der Waals surface area contributed by atoms with Gasteiger partial charge in [0, 0.05) is 30.2 Å². The van der Waals surface area contributed by atoms with E-state index in [1.54, 1.807) is 0 Å². The van der Waals surface area contributed by atoms with E-state index in [9.17, 15) is 4.79 Å². The van der Waals surface area contributed by atoms with Gasteiger partial charge in [-0.3, -0.25) is 4.79 Å². The summed E-state index contributed by atoms with van der Waals surface area (Å²) in [6.45, 7) is 4.52. The molecule has 0 saturated carbocycles. The number of aromatic amines is 1. The summed E-state index contributed by atoms with van der Waals surface area (Å²) in [5.74, 6) is -0.0928. The number of amides is 1. The summed E-state index contributed by atoms with van der Waals surface area (Å²) in [7, 11) is 2.03. The van der Waals surface area contributed by atoms with Gasteiger partial charge >= 0.3 is 0 Å². The summed E-state index contributed by atoms with van der Waals surface area (Å²) in [5, 5.41) is 4.02. The predicted octanol–water partition coefficient (Wildman–Crippen LogP) is 1.11. The Hall–Kier alpha value is -1.85. The Morgan fingerprint density at radius 2 is 2.19 bits per heavy atom. The average Bonchev–Trinajstić information content (AvgIpc) is 2.90. The lowest BCUT2D eigenvalue weighted by atomic mass is 10.1. The van der Waals surface area contributed by atoms with Gasteiger partial charge in [-0.05, 0) is 31.6 Å². The number of carbonyl (C=O) groups is 1. The van der Waals surface area contributed by atoms with Gasteiger partial charge in [-0.2, -0.15) is 0 Å². The number of carbonyl (C=O) groups excluding carboxylic acids is 1. The smallest absolute Gasteiger partial charge is 0.237 e. The van der Waals surface area contributed by atoms with Crippen LogP contribution in [0.1, 0.15) is 12.5 Å². The van der Waals surface area contributed by atoms with Crippen LogP contribution in [0.5, 0.6) is 0 Å². The molecule has 0 aliphatic rings. The van der Waals surface area contributed by atoms with Crippen molar-refractivity contribution in [2.24, 2.45) is 5.73 Å². The van der Waals surface area contributed by atoms with Crippen molar-refractivity contribution in [2.45, 2.75) is 19.4 Å². The molecule has 0 aliphatic heterocycles. The first-order chi connectivity index (χ1) is 10.1. The fourth-order valence-corrected chi connectivity index (χ4v) is 2.29. The monoisotopic (exact) mass is 288 g/mol. The van der Waals surface area contributed by atoms with Crippen molar-refractivity contribution in [1.29, 1.82) is 0 Å². The summed E-state index contributed by atoms with van der Waals surface area (Å²) in [6.07, 6.45) is 2.47. The van der Waals surface area contributed by atoms with Crippen LogP contribution < -0.4 is 11.1 Å². The van der Waals surface area contributed by atoms with Crippen molar-refractivity contribution in [2.75, 3.05) is 26.7 Å². The molecule has 0 saturated heterocycles. The van der Waals surface area contributed by atoms with Gasteiger partial charge in [-0.25, -0.2) is 0 Å². The van der Waals surface area contributed by atoms with Crippen LogP contribution >= 0.6 is 0 Å². The molecule has 0 aliphatic carbocycles. The molecule has 0 spiro atoms. The molecule has 0 bridgehead atoms. The highest BCUT2D eigenvalue weighted by Gasteiger charge is 2.15. The number of aromatic nitrogens is 1. The van der Waals surface area contributed by atoms with Gasteiger partial charge in [-0.1, -0.05) is 25.1 Å². The van der Waals surface area contributed by atoms with Crippen molar-refractivity contribution >= 4 is 16.8 Å². The Balaban J connectivity index is 1.88. The van der Waals surface area contributed by atoms with Crippen molar-refractivity contribution in [1.82, 2.24) is 15.2 Å². The fraction of sp³-hybridized carbons (Fsp3) is 0.438. The van der Waals surface area contributed by atoms with Crippen molar-refractivity contribution in [3.05, 3.63) is 36.0 Å². The van der Waals surface area contributed by atoms with E-state index in [0.29, 0.717) is 13.0 Å². The van der Waals surface area contributed by atoms with E-state index in [-0.39, 0.29) is 5.91 Å². The van der Waals surface area contributed by atoms with Gasteiger partial charge in [0.25, 0.3) is 0 Å². The number of hydrogen-bond acceptors (Lipinski definition) is 3. The zero-order valence-corrected chi connectivity index (χ0v) is 12.7. The molecule has 5 heteroatoms. The maximum Gasteiger partial charge on any atom is 0.237 e. The summed E-state index contributed by atoms with van der Waals surface area (Å²) in [5.41, 5.74) is 8.17. The number of nitrogens with zero attached hydrogens (tertiary/aromatic N) is 1. The standard InChI is InChI=1S/C16H24N4O/c1-3-20(2)9-8-18-16(21)14(17)10-12-11-19-15-7-5-4-6-13(12)15/h4-7,11,14,19H,3,8-10,17H2,1-2H3,(H,18,21)/t14-/m1/s1. The number of para-hydroxylation sites is 1. The molecular formula is C16H24N4O. The fourth-order valence-electron chi connectivity index (χ4n) is 2.29. The van der Waals surface area contributed by atoms with Crippen molar-refractivity contribution in [3.8, 4) is 0 Å². The summed E-state index contributed by atoms with van der Waals surface area (Å²) < 4.78 is 0. The highest BCUT2D eigenvalue weighted by molar-refractivity contribution is 5.86. The number of rotatable bonds is 7. The number of fused-ring (bicyclic) bond motifs is 1. The lowest BCUT2D eigenvalue weighted by Crippen LogP contribution is -2.44. The Labute approximate surface area is 125 Å². The second kappa shape index (κ2) is 7.24. The molecule has 2 aromatic rings. The molecule has 1 heterocycles. The van der Waals surface area contributed by atoms with Gasteiger partial charge in [0.15, 0.2) is 0 Å². The number of hydrogen-bond donors (Lipinski definition) is 3. The molecule has 0 fully saturated rings. The van der Waals surface area contributed by atoms with Crippen LogP contribution in [0, 0.1) is 0 Å². The van der Waals surface area contributed by atoms with Crippen molar-refractivity contribution < 1.29 is 4.79 Å². The van der Waals surface area contributed by atoms with Crippen LogP contribution in [-0.2, 0) is 11.2 Å². The molecular weight excluding hydrogens is 264 g/mol. The lowest BCUT2D eigenvalue weighted by Gasteiger charge is -2.16. The Kier molecular flexibility index (Phi) is 5.36. The van der Waals surface area contributed by atoms with Gasteiger partial charge in [0.05, 0.1) is 6.04 Å². The van der Waals surface area contributed by atoms with E-state index < -0.39 is 6.04 Å². The minimum Gasteiger partial charge on any atom is -0.361 e. The Morgan fingerprint density at radius 1 is 1.43 bits per heavy atom. The first-order valence-electron chi connectivity index (χ1n) is 7.38. The highest BCUT2D eigenvalue weighted by Crippen LogP contribution is 2.18. The first kappa shape index (κ1) is 15.5. The van der Waals surface area contributed by atoms with Crippen LogP contribution in [0.3, 0.4) is 0 Å². The number of likely N-dealkylation sites (N-methyl/N-ethyl adjacent to an activating group) is 1. The normalized spacial score (nSPS) is 12.8. The van der Waals surface area contributed by atoms with Crippen molar-refractivity contribution in [3.63, 3.8) is 0 Å².